The highest BCUT2D eigenvalue weighted by molar-refractivity contribution is 5.54. The van der Waals surface area contributed by atoms with Crippen LogP contribution in [0.5, 0.6) is 0 Å². The standard InChI is InChI=1S/C13H17F2N/c1-9(2)12(8-16)7-10-3-5-11(6-4-10)13(14)15/h3-7,9,13H,8,16H2,1-2H3/b12-7+. The zero-order valence-electron chi connectivity index (χ0n) is 9.58. The molecule has 1 aromatic carbocycles. The highest BCUT2D eigenvalue weighted by atomic mass is 19.3. The third-order valence-corrected chi connectivity index (χ3v) is 2.52. The van der Waals surface area contributed by atoms with E-state index in [2.05, 4.69) is 13.8 Å². The molecule has 1 rings (SSSR count). The van der Waals surface area contributed by atoms with E-state index in [1.165, 1.54) is 12.1 Å². The van der Waals surface area contributed by atoms with Crippen molar-refractivity contribution in [2.75, 3.05) is 6.54 Å². The van der Waals surface area contributed by atoms with Crippen LogP contribution in [-0.4, -0.2) is 6.54 Å². The molecule has 0 aromatic heterocycles. The van der Waals surface area contributed by atoms with E-state index in [-0.39, 0.29) is 5.56 Å². The minimum atomic E-state index is -2.41. The van der Waals surface area contributed by atoms with Crippen LogP contribution in [0, 0.1) is 5.92 Å². The van der Waals surface area contributed by atoms with Gasteiger partial charge in [-0.25, -0.2) is 8.78 Å². The molecule has 3 heteroatoms. The van der Waals surface area contributed by atoms with Gasteiger partial charge in [-0.05, 0) is 11.5 Å². The number of rotatable bonds is 4. The molecule has 0 aliphatic heterocycles. The molecule has 0 spiro atoms. The van der Waals surface area contributed by atoms with Crippen LogP contribution in [0.4, 0.5) is 8.78 Å². The normalized spacial score (nSPS) is 12.6. The maximum atomic E-state index is 12.3. The predicted octanol–water partition coefficient (Wildman–Crippen LogP) is 3.62. The Hall–Kier alpha value is -1.22. The number of nitrogens with two attached hydrogens (primary N) is 1. The predicted molar refractivity (Wildman–Crippen MR) is 63.3 cm³/mol. The highest BCUT2D eigenvalue weighted by Crippen LogP contribution is 2.20. The molecule has 0 fully saturated rings. The van der Waals surface area contributed by atoms with Crippen LogP contribution in [0.1, 0.15) is 31.4 Å². The molecule has 16 heavy (non-hydrogen) atoms. The number of alkyl halides is 2. The van der Waals surface area contributed by atoms with Crippen LogP contribution in [0.25, 0.3) is 6.08 Å². The topological polar surface area (TPSA) is 26.0 Å². The lowest BCUT2D eigenvalue weighted by atomic mass is 10.00. The van der Waals surface area contributed by atoms with Gasteiger partial charge in [0.25, 0.3) is 6.43 Å². The zero-order chi connectivity index (χ0) is 12.1. The number of hydrogen-bond acceptors (Lipinski definition) is 1. The number of benzene rings is 1. The summed E-state index contributed by atoms with van der Waals surface area (Å²) in [4.78, 5) is 0. The molecule has 0 atom stereocenters. The molecule has 0 unspecified atom stereocenters. The van der Waals surface area contributed by atoms with Crippen LogP contribution in [0.2, 0.25) is 0 Å². The van der Waals surface area contributed by atoms with Gasteiger partial charge >= 0.3 is 0 Å². The summed E-state index contributed by atoms with van der Waals surface area (Å²) in [6, 6.07) is 6.29. The smallest absolute Gasteiger partial charge is 0.263 e. The first-order valence-corrected chi connectivity index (χ1v) is 5.33. The Morgan fingerprint density at radius 1 is 1.25 bits per heavy atom. The molecule has 1 nitrogen and oxygen atoms in total. The van der Waals surface area contributed by atoms with Gasteiger partial charge in [-0.2, -0.15) is 0 Å². The molecule has 1 aromatic rings. The molecule has 0 bridgehead atoms. The summed E-state index contributed by atoms with van der Waals surface area (Å²) in [5, 5.41) is 0. The largest absolute Gasteiger partial charge is 0.327 e. The quantitative estimate of drug-likeness (QED) is 0.832. The van der Waals surface area contributed by atoms with Crippen molar-refractivity contribution in [1.82, 2.24) is 0 Å². The maximum absolute atomic E-state index is 12.3. The van der Waals surface area contributed by atoms with Crippen LogP contribution in [0.15, 0.2) is 29.8 Å². The monoisotopic (exact) mass is 225 g/mol. The molecule has 88 valence electrons. The molecule has 0 amide bonds. The van der Waals surface area contributed by atoms with Crippen molar-refractivity contribution in [2.45, 2.75) is 20.3 Å². The fourth-order valence-electron chi connectivity index (χ4n) is 1.41. The first-order chi connectivity index (χ1) is 7.54. The summed E-state index contributed by atoms with van der Waals surface area (Å²) in [6.45, 7) is 4.62. The Morgan fingerprint density at radius 3 is 2.19 bits per heavy atom. The second-order valence-electron chi connectivity index (χ2n) is 4.05. The van der Waals surface area contributed by atoms with Gasteiger partial charge in [0.15, 0.2) is 0 Å². The molecule has 0 saturated carbocycles. The summed E-state index contributed by atoms with van der Waals surface area (Å²) < 4.78 is 24.6. The third kappa shape index (κ3) is 3.42. The average Bonchev–Trinajstić information content (AvgIpc) is 2.26. The van der Waals surface area contributed by atoms with E-state index in [1.807, 2.05) is 6.08 Å². The van der Waals surface area contributed by atoms with E-state index < -0.39 is 6.43 Å². The van der Waals surface area contributed by atoms with E-state index in [0.717, 1.165) is 11.1 Å². The summed E-state index contributed by atoms with van der Waals surface area (Å²) in [5.41, 5.74) is 7.69. The van der Waals surface area contributed by atoms with Crippen LogP contribution in [0.3, 0.4) is 0 Å². The van der Waals surface area contributed by atoms with E-state index in [0.29, 0.717) is 12.5 Å². The Morgan fingerprint density at radius 2 is 1.81 bits per heavy atom. The average molecular weight is 225 g/mol. The van der Waals surface area contributed by atoms with E-state index >= 15 is 0 Å². The summed E-state index contributed by atoms with van der Waals surface area (Å²) in [7, 11) is 0. The number of halogens is 2. The second-order valence-corrected chi connectivity index (χ2v) is 4.05. The molecular weight excluding hydrogens is 208 g/mol. The minimum absolute atomic E-state index is 0.0518. The summed E-state index contributed by atoms with van der Waals surface area (Å²) in [5.74, 6) is 0.375. The van der Waals surface area contributed by atoms with E-state index in [9.17, 15) is 8.78 Å². The second kappa shape index (κ2) is 5.75. The Bertz CT molecular complexity index is 353. The molecular formula is C13H17F2N. The van der Waals surface area contributed by atoms with E-state index in [1.54, 1.807) is 12.1 Å². The lowest BCUT2D eigenvalue weighted by molar-refractivity contribution is 0.151. The van der Waals surface area contributed by atoms with Gasteiger partial charge < -0.3 is 5.73 Å². The van der Waals surface area contributed by atoms with Gasteiger partial charge in [0.05, 0.1) is 0 Å². The van der Waals surface area contributed by atoms with Crippen molar-refractivity contribution in [3.05, 3.63) is 41.0 Å². The number of hydrogen-bond donors (Lipinski definition) is 1. The fourth-order valence-corrected chi connectivity index (χ4v) is 1.41. The molecule has 2 N–H and O–H groups in total. The Balaban J connectivity index is 2.89. The van der Waals surface area contributed by atoms with Crippen molar-refractivity contribution in [1.29, 1.82) is 0 Å². The Kier molecular flexibility index (Phi) is 4.62. The van der Waals surface area contributed by atoms with Gasteiger partial charge in [0.1, 0.15) is 0 Å². The molecule has 0 radical (unpaired) electrons. The lowest BCUT2D eigenvalue weighted by Gasteiger charge is -2.08. The van der Waals surface area contributed by atoms with Gasteiger partial charge in [0, 0.05) is 12.1 Å². The SMILES string of the molecule is CC(C)/C(=C/c1ccc(C(F)F)cc1)CN. The molecule has 0 saturated heterocycles. The van der Waals surface area contributed by atoms with Crippen molar-refractivity contribution >= 4 is 6.08 Å². The minimum Gasteiger partial charge on any atom is -0.327 e. The van der Waals surface area contributed by atoms with Crippen LogP contribution in [-0.2, 0) is 0 Å². The lowest BCUT2D eigenvalue weighted by Crippen LogP contribution is -2.08. The molecule has 0 aliphatic carbocycles. The van der Waals surface area contributed by atoms with Crippen molar-refractivity contribution in [3.63, 3.8) is 0 Å². The summed E-state index contributed by atoms with van der Waals surface area (Å²) in [6.07, 6.45) is -0.447. The highest BCUT2D eigenvalue weighted by Gasteiger charge is 2.06. The van der Waals surface area contributed by atoms with Crippen molar-refractivity contribution < 1.29 is 8.78 Å². The summed E-state index contributed by atoms with van der Waals surface area (Å²) >= 11 is 0. The van der Waals surface area contributed by atoms with Crippen molar-refractivity contribution in [3.8, 4) is 0 Å². The fraction of sp³-hybridized carbons (Fsp3) is 0.385. The molecule has 0 heterocycles. The Labute approximate surface area is 95.0 Å². The van der Waals surface area contributed by atoms with Crippen LogP contribution >= 0.6 is 0 Å². The molecule has 0 aliphatic rings. The maximum Gasteiger partial charge on any atom is 0.263 e. The zero-order valence-corrected chi connectivity index (χ0v) is 9.58. The first kappa shape index (κ1) is 12.8. The van der Waals surface area contributed by atoms with E-state index in [4.69, 9.17) is 5.73 Å². The van der Waals surface area contributed by atoms with Gasteiger partial charge in [-0.3, -0.25) is 0 Å². The third-order valence-electron chi connectivity index (χ3n) is 2.52. The van der Waals surface area contributed by atoms with Crippen molar-refractivity contribution in [2.24, 2.45) is 11.7 Å². The van der Waals surface area contributed by atoms with Gasteiger partial charge in [0.2, 0.25) is 0 Å². The van der Waals surface area contributed by atoms with Gasteiger partial charge in [-0.15, -0.1) is 0 Å². The van der Waals surface area contributed by atoms with Crippen LogP contribution < -0.4 is 5.73 Å². The van der Waals surface area contributed by atoms with Gasteiger partial charge in [-0.1, -0.05) is 49.8 Å². The first-order valence-electron chi connectivity index (χ1n) is 5.33.